The van der Waals surface area contributed by atoms with Crippen molar-refractivity contribution < 1.29 is 19.4 Å². The highest BCUT2D eigenvalue weighted by Gasteiger charge is 2.47. The molecule has 4 rings (SSSR count). The van der Waals surface area contributed by atoms with Crippen molar-refractivity contribution in [3.63, 3.8) is 0 Å². The van der Waals surface area contributed by atoms with Gasteiger partial charge in [0.1, 0.15) is 17.6 Å². The number of ether oxygens (including phenoxy) is 1. The fraction of sp³-hybridized carbons (Fsp3) is 0.185. The summed E-state index contributed by atoms with van der Waals surface area (Å²) in [5.74, 6) is -1.17. The van der Waals surface area contributed by atoms with Gasteiger partial charge in [-0.3, -0.25) is 19.5 Å². The second kappa shape index (κ2) is 9.59. The van der Waals surface area contributed by atoms with Crippen molar-refractivity contribution in [2.75, 3.05) is 11.5 Å². The Kier molecular flexibility index (Phi) is 6.42. The molecule has 1 saturated heterocycles. The number of nitrogens with zero attached hydrogens (tertiary/aromatic N) is 3. The summed E-state index contributed by atoms with van der Waals surface area (Å²) in [6, 6.07) is 17.8. The molecule has 0 bridgehead atoms. The zero-order chi connectivity index (χ0) is 24.2. The number of anilines is 1. The summed E-state index contributed by atoms with van der Waals surface area (Å²) in [5, 5.41) is 20.4. The molecule has 170 valence electrons. The van der Waals surface area contributed by atoms with Crippen LogP contribution in [0, 0.1) is 18.3 Å². The first kappa shape index (κ1) is 22.7. The topological polar surface area (TPSA) is 104 Å². The molecule has 34 heavy (non-hydrogen) atoms. The molecule has 0 spiro atoms. The standard InChI is InChI=1S/C27H23N3O4/c1-3-14-34-22-12-9-19(15-17(22)2)25(31)23-24(21-6-4-5-13-29-21)30(27(33)26(23)32)20-10-7-18(16-28)8-11-20/h4-13,15,24,31H,3,14H2,1-2H3/b25-23-. The number of aliphatic hydroxyl groups excluding tert-OH is 1. The number of benzene rings is 2. The predicted octanol–water partition coefficient (Wildman–Crippen LogP) is 4.68. The van der Waals surface area contributed by atoms with Crippen LogP contribution in [0.2, 0.25) is 0 Å². The van der Waals surface area contributed by atoms with E-state index in [4.69, 9.17) is 10.00 Å². The van der Waals surface area contributed by atoms with Crippen LogP contribution in [0.1, 0.15) is 41.8 Å². The van der Waals surface area contributed by atoms with Crippen LogP contribution >= 0.6 is 0 Å². The Labute approximate surface area is 197 Å². The fourth-order valence-corrected chi connectivity index (χ4v) is 3.94. The number of pyridine rings is 1. The highest BCUT2D eigenvalue weighted by molar-refractivity contribution is 6.51. The maximum absolute atomic E-state index is 13.2. The number of Topliss-reactive ketones (excluding diaryl/α,β-unsaturated/α-hetero) is 1. The largest absolute Gasteiger partial charge is 0.507 e. The molecule has 3 aromatic rings. The Hall–Kier alpha value is -4.44. The van der Waals surface area contributed by atoms with Gasteiger partial charge in [-0.25, -0.2) is 0 Å². The van der Waals surface area contributed by atoms with Crippen LogP contribution in [0.5, 0.6) is 5.75 Å². The molecule has 1 aliphatic heterocycles. The van der Waals surface area contributed by atoms with E-state index in [1.54, 1.807) is 66.9 Å². The van der Waals surface area contributed by atoms with E-state index in [2.05, 4.69) is 4.98 Å². The first-order valence-corrected chi connectivity index (χ1v) is 10.9. The highest BCUT2D eigenvalue weighted by atomic mass is 16.5. The van der Waals surface area contributed by atoms with E-state index in [9.17, 15) is 14.7 Å². The van der Waals surface area contributed by atoms with E-state index < -0.39 is 17.7 Å². The van der Waals surface area contributed by atoms with Crippen LogP contribution in [0.25, 0.3) is 5.76 Å². The van der Waals surface area contributed by atoms with Crippen molar-refractivity contribution in [3.8, 4) is 11.8 Å². The van der Waals surface area contributed by atoms with Gasteiger partial charge in [-0.05, 0) is 73.5 Å². The molecule has 1 aliphatic rings. The monoisotopic (exact) mass is 453 g/mol. The molecule has 7 nitrogen and oxygen atoms in total. The molecule has 2 aromatic carbocycles. The summed E-state index contributed by atoms with van der Waals surface area (Å²) in [5.41, 5.74) is 2.45. The number of carbonyl (C=O) groups excluding carboxylic acids is 2. The van der Waals surface area contributed by atoms with E-state index in [1.807, 2.05) is 19.9 Å². The summed E-state index contributed by atoms with van der Waals surface area (Å²) in [7, 11) is 0. The van der Waals surface area contributed by atoms with Gasteiger partial charge in [-0.15, -0.1) is 0 Å². The van der Waals surface area contributed by atoms with Crippen molar-refractivity contribution in [2.45, 2.75) is 26.3 Å². The van der Waals surface area contributed by atoms with E-state index in [0.717, 1.165) is 12.0 Å². The van der Waals surface area contributed by atoms with E-state index in [-0.39, 0.29) is 11.3 Å². The van der Waals surface area contributed by atoms with Crippen LogP contribution in [0.15, 0.2) is 72.4 Å². The van der Waals surface area contributed by atoms with Gasteiger partial charge >= 0.3 is 0 Å². The average molecular weight is 453 g/mol. The molecule has 1 N–H and O–H groups in total. The van der Waals surface area contributed by atoms with Gasteiger partial charge in [0.05, 0.1) is 29.5 Å². The Morgan fingerprint density at radius 3 is 2.53 bits per heavy atom. The second-order valence-corrected chi connectivity index (χ2v) is 7.91. The number of carbonyl (C=O) groups is 2. The van der Waals surface area contributed by atoms with Gasteiger partial charge in [0.2, 0.25) is 0 Å². The lowest BCUT2D eigenvalue weighted by atomic mass is 9.97. The number of amides is 1. The number of hydrogen-bond donors (Lipinski definition) is 1. The molecule has 1 unspecified atom stereocenters. The quantitative estimate of drug-likeness (QED) is 0.330. The van der Waals surface area contributed by atoms with Crippen LogP contribution < -0.4 is 9.64 Å². The summed E-state index contributed by atoms with van der Waals surface area (Å²) < 4.78 is 5.71. The highest BCUT2D eigenvalue weighted by Crippen LogP contribution is 2.41. The first-order chi connectivity index (χ1) is 16.5. The molecule has 1 atom stereocenters. The van der Waals surface area contributed by atoms with Crippen molar-refractivity contribution in [2.24, 2.45) is 0 Å². The summed E-state index contributed by atoms with van der Waals surface area (Å²) in [6.45, 7) is 4.44. The van der Waals surface area contributed by atoms with Crippen molar-refractivity contribution in [1.29, 1.82) is 5.26 Å². The van der Waals surface area contributed by atoms with Crippen molar-refractivity contribution >= 4 is 23.1 Å². The summed E-state index contributed by atoms with van der Waals surface area (Å²) in [6.07, 6.45) is 2.43. The molecule has 0 aliphatic carbocycles. The molecule has 0 radical (unpaired) electrons. The third-order valence-corrected chi connectivity index (χ3v) is 5.60. The SMILES string of the molecule is CCCOc1ccc(/C(O)=C2/C(=O)C(=O)N(c3ccc(C#N)cc3)C2c2ccccn2)cc1C. The number of hydrogen-bond acceptors (Lipinski definition) is 6. The normalized spacial score (nSPS) is 17.0. The van der Waals surface area contributed by atoms with Crippen LogP contribution in [0.3, 0.4) is 0 Å². The summed E-state index contributed by atoms with van der Waals surface area (Å²) in [4.78, 5) is 32.0. The maximum Gasteiger partial charge on any atom is 0.300 e. The maximum atomic E-state index is 13.2. The minimum Gasteiger partial charge on any atom is -0.507 e. The second-order valence-electron chi connectivity index (χ2n) is 7.91. The molecular formula is C27H23N3O4. The number of aliphatic hydroxyl groups is 1. The van der Waals surface area contributed by atoms with Gasteiger partial charge in [-0.2, -0.15) is 5.26 Å². The predicted molar refractivity (Wildman–Crippen MR) is 127 cm³/mol. The Morgan fingerprint density at radius 1 is 1.15 bits per heavy atom. The Morgan fingerprint density at radius 2 is 1.91 bits per heavy atom. The van der Waals surface area contributed by atoms with Crippen LogP contribution in [-0.2, 0) is 9.59 Å². The first-order valence-electron chi connectivity index (χ1n) is 10.9. The van der Waals surface area contributed by atoms with Gasteiger partial charge in [0, 0.05) is 17.4 Å². The number of ketones is 1. The smallest absolute Gasteiger partial charge is 0.300 e. The Balaban J connectivity index is 1.85. The van der Waals surface area contributed by atoms with Gasteiger partial charge in [-0.1, -0.05) is 13.0 Å². The molecule has 1 fully saturated rings. The van der Waals surface area contributed by atoms with E-state index in [1.165, 1.54) is 4.90 Å². The number of aromatic nitrogens is 1. The minimum atomic E-state index is -0.926. The molecule has 0 saturated carbocycles. The van der Waals surface area contributed by atoms with E-state index in [0.29, 0.717) is 34.9 Å². The third kappa shape index (κ3) is 4.14. The average Bonchev–Trinajstić information content (AvgIpc) is 3.13. The van der Waals surface area contributed by atoms with Gasteiger partial charge < -0.3 is 9.84 Å². The molecule has 7 heteroatoms. The van der Waals surface area contributed by atoms with Gasteiger partial charge in [0.15, 0.2) is 0 Å². The molecule has 1 aromatic heterocycles. The lowest BCUT2D eigenvalue weighted by Crippen LogP contribution is -2.29. The molecular weight excluding hydrogens is 430 g/mol. The third-order valence-electron chi connectivity index (χ3n) is 5.60. The number of rotatable bonds is 6. The zero-order valence-electron chi connectivity index (χ0n) is 18.9. The van der Waals surface area contributed by atoms with Gasteiger partial charge in [0.25, 0.3) is 11.7 Å². The van der Waals surface area contributed by atoms with Crippen molar-refractivity contribution in [1.82, 2.24) is 4.98 Å². The minimum absolute atomic E-state index is 0.0466. The number of aryl methyl sites for hydroxylation is 1. The molecule has 2 heterocycles. The number of nitriles is 1. The van der Waals surface area contributed by atoms with Crippen LogP contribution in [-0.4, -0.2) is 28.4 Å². The lowest BCUT2D eigenvalue weighted by molar-refractivity contribution is -0.132. The lowest BCUT2D eigenvalue weighted by Gasteiger charge is -2.24. The zero-order valence-corrected chi connectivity index (χ0v) is 18.9. The molecule has 1 amide bonds. The summed E-state index contributed by atoms with van der Waals surface area (Å²) >= 11 is 0. The fourth-order valence-electron chi connectivity index (χ4n) is 3.94. The van der Waals surface area contributed by atoms with Crippen LogP contribution in [0.4, 0.5) is 5.69 Å². The van der Waals surface area contributed by atoms with Crippen molar-refractivity contribution in [3.05, 3.63) is 94.8 Å². The van der Waals surface area contributed by atoms with E-state index >= 15 is 0 Å². The Bertz CT molecular complexity index is 1310.